The van der Waals surface area contributed by atoms with E-state index < -0.39 is 11.8 Å². The number of hydrogen-bond donors (Lipinski definition) is 1. The molecule has 0 atom stereocenters. The fourth-order valence-electron chi connectivity index (χ4n) is 2.96. The van der Waals surface area contributed by atoms with E-state index in [4.69, 9.17) is 12.2 Å². The minimum Gasteiger partial charge on any atom is -0.347 e. The molecule has 2 amide bonds. The number of para-hydroxylation sites is 1. The van der Waals surface area contributed by atoms with Crippen LogP contribution in [0.25, 0.3) is 17.0 Å². The number of carbonyl (C=O) groups excluding carboxylic acids is 2. The number of hydrogen-bond acceptors (Lipinski definition) is 3. The van der Waals surface area contributed by atoms with Crippen molar-refractivity contribution >= 4 is 46.1 Å². The van der Waals surface area contributed by atoms with E-state index in [1.54, 1.807) is 12.2 Å². The van der Waals surface area contributed by atoms with E-state index in [0.29, 0.717) is 0 Å². The highest BCUT2D eigenvalue weighted by atomic mass is 32.1. The predicted molar refractivity (Wildman–Crippen MR) is 103 cm³/mol. The van der Waals surface area contributed by atoms with Gasteiger partial charge in [0.1, 0.15) is 5.57 Å². The lowest BCUT2D eigenvalue weighted by Crippen LogP contribution is -2.53. The maximum atomic E-state index is 12.7. The molecule has 1 aliphatic heterocycles. The summed E-state index contributed by atoms with van der Waals surface area (Å²) in [7, 11) is 0. The van der Waals surface area contributed by atoms with Gasteiger partial charge in [0.25, 0.3) is 11.8 Å². The predicted octanol–water partition coefficient (Wildman–Crippen LogP) is 2.86. The van der Waals surface area contributed by atoms with E-state index in [2.05, 4.69) is 23.4 Å². The monoisotopic (exact) mass is 353 g/mol. The number of carbonyl (C=O) groups is 2. The van der Waals surface area contributed by atoms with Gasteiger partial charge in [-0.3, -0.25) is 19.8 Å². The van der Waals surface area contributed by atoms with Crippen LogP contribution in [0, 0.1) is 0 Å². The van der Waals surface area contributed by atoms with Crippen molar-refractivity contribution in [3.05, 3.63) is 54.3 Å². The van der Waals surface area contributed by atoms with Crippen LogP contribution < -0.4 is 5.32 Å². The average molecular weight is 353 g/mol. The lowest BCUT2D eigenvalue weighted by atomic mass is 10.1. The molecule has 0 saturated carbocycles. The van der Waals surface area contributed by atoms with Crippen molar-refractivity contribution < 1.29 is 9.59 Å². The number of amides is 2. The summed E-state index contributed by atoms with van der Waals surface area (Å²) >= 11 is 5.07. The summed E-state index contributed by atoms with van der Waals surface area (Å²) in [5.41, 5.74) is 2.00. The summed E-state index contributed by atoms with van der Waals surface area (Å²) in [4.78, 5) is 26.3. The molecular weight excluding hydrogens is 334 g/mol. The Labute approximate surface area is 151 Å². The number of rotatable bonds is 5. The number of nitrogens with zero attached hydrogens (tertiary/aromatic N) is 2. The molecule has 0 aliphatic carbocycles. The zero-order valence-electron chi connectivity index (χ0n) is 14.0. The van der Waals surface area contributed by atoms with Gasteiger partial charge < -0.3 is 4.57 Å². The minimum absolute atomic E-state index is 0.0786. The molecule has 128 valence electrons. The third-order valence-corrected chi connectivity index (χ3v) is 4.40. The number of aromatic nitrogens is 1. The Kier molecular flexibility index (Phi) is 4.81. The van der Waals surface area contributed by atoms with Gasteiger partial charge in [-0.1, -0.05) is 31.2 Å². The van der Waals surface area contributed by atoms with Crippen molar-refractivity contribution in [2.75, 3.05) is 6.54 Å². The molecule has 1 aliphatic rings. The first-order valence-corrected chi connectivity index (χ1v) is 8.55. The Hall–Kier alpha value is -2.73. The molecular formula is C19H19N3O2S. The summed E-state index contributed by atoms with van der Waals surface area (Å²) in [6, 6.07) is 7.96. The second kappa shape index (κ2) is 7.03. The first kappa shape index (κ1) is 17.1. The lowest BCUT2D eigenvalue weighted by Gasteiger charge is -2.27. The first-order chi connectivity index (χ1) is 12.1. The summed E-state index contributed by atoms with van der Waals surface area (Å²) in [5.74, 6) is -0.872. The molecule has 1 saturated heterocycles. The van der Waals surface area contributed by atoms with E-state index in [1.165, 1.54) is 4.90 Å². The minimum atomic E-state index is -0.470. The maximum Gasteiger partial charge on any atom is 0.265 e. The van der Waals surface area contributed by atoms with Crippen molar-refractivity contribution in [3.63, 3.8) is 0 Å². The van der Waals surface area contributed by atoms with Crippen LogP contribution in [-0.2, 0) is 16.1 Å². The van der Waals surface area contributed by atoms with Gasteiger partial charge in [0, 0.05) is 35.8 Å². The van der Waals surface area contributed by atoms with Crippen LogP contribution in [0.4, 0.5) is 0 Å². The molecule has 25 heavy (non-hydrogen) atoms. The highest BCUT2D eigenvalue weighted by Crippen LogP contribution is 2.25. The van der Waals surface area contributed by atoms with Crippen LogP contribution >= 0.6 is 12.2 Å². The van der Waals surface area contributed by atoms with Gasteiger partial charge in [0.15, 0.2) is 5.11 Å². The zero-order chi connectivity index (χ0) is 18.0. The first-order valence-electron chi connectivity index (χ1n) is 8.14. The van der Waals surface area contributed by atoms with Gasteiger partial charge in [-0.15, -0.1) is 6.58 Å². The summed E-state index contributed by atoms with van der Waals surface area (Å²) < 4.78 is 2.14. The van der Waals surface area contributed by atoms with E-state index in [-0.39, 0.29) is 17.2 Å². The number of fused-ring (bicyclic) bond motifs is 1. The second-order valence-corrected chi connectivity index (χ2v) is 6.20. The molecule has 0 unspecified atom stereocenters. The van der Waals surface area contributed by atoms with Gasteiger partial charge >= 0.3 is 0 Å². The van der Waals surface area contributed by atoms with Gasteiger partial charge in [0.2, 0.25) is 0 Å². The highest BCUT2D eigenvalue weighted by molar-refractivity contribution is 7.80. The molecule has 0 spiro atoms. The molecule has 1 N–H and O–H groups in total. The number of thiocarbonyl (C=S) groups is 1. The van der Waals surface area contributed by atoms with Gasteiger partial charge in [0.05, 0.1) is 0 Å². The molecule has 0 bridgehead atoms. The molecule has 0 radical (unpaired) electrons. The molecule has 1 aromatic carbocycles. The van der Waals surface area contributed by atoms with Gasteiger partial charge in [-0.25, -0.2) is 0 Å². The Morgan fingerprint density at radius 1 is 1.28 bits per heavy atom. The third kappa shape index (κ3) is 3.13. The van der Waals surface area contributed by atoms with Crippen molar-refractivity contribution in [3.8, 4) is 0 Å². The van der Waals surface area contributed by atoms with Crippen LogP contribution in [0.2, 0.25) is 0 Å². The van der Waals surface area contributed by atoms with Gasteiger partial charge in [-0.05, 0) is 30.8 Å². The molecule has 3 rings (SSSR count). The Balaban J connectivity index is 2.09. The average Bonchev–Trinajstić information content (AvgIpc) is 2.94. The molecule has 1 fully saturated rings. The number of aryl methyl sites for hydroxylation is 1. The van der Waals surface area contributed by atoms with Crippen molar-refractivity contribution in [2.45, 2.75) is 19.9 Å². The summed E-state index contributed by atoms with van der Waals surface area (Å²) in [6.07, 6.45) is 6.19. The van der Waals surface area contributed by atoms with Crippen LogP contribution in [0.5, 0.6) is 0 Å². The molecule has 2 heterocycles. The zero-order valence-corrected chi connectivity index (χ0v) is 14.8. The van der Waals surface area contributed by atoms with Gasteiger partial charge in [-0.2, -0.15) is 0 Å². The van der Waals surface area contributed by atoms with Crippen LogP contribution in [0.15, 0.2) is 48.7 Å². The quantitative estimate of drug-likeness (QED) is 0.389. The summed E-state index contributed by atoms with van der Waals surface area (Å²) in [5, 5.41) is 3.69. The van der Waals surface area contributed by atoms with Crippen molar-refractivity contribution in [1.29, 1.82) is 0 Å². The van der Waals surface area contributed by atoms with Crippen molar-refractivity contribution in [2.24, 2.45) is 0 Å². The second-order valence-electron chi connectivity index (χ2n) is 5.82. The van der Waals surface area contributed by atoms with Crippen LogP contribution in [0.3, 0.4) is 0 Å². The fourth-order valence-corrected chi connectivity index (χ4v) is 3.21. The Morgan fingerprint density at radius 3 is 2.76 bits per heavy atom. The molecule has 5 nitrogen and oxygen atoms in total. The normalized spacial score (nSPS) is 16.6. The smallest absolute Gasteiger partial charge is 0.265 e. The van der Waals surface area contributed by atoms with E-state index >= 15 is 0 Å². The fraction of sp³-hybridized carbons (Fsp3) is 0.211. The topological polar surface area (TPSA) is 54.3 Å². The highest BCUT2D eigenvalue weighted by Gasteiger charge is 2.32. The standard InChI is InChI=1S/C19H19N3O2S/c1-3-9-21-12-13(14-7-5-6-8-16(14)21)11-15-17(23)20-19(25)22(10-4-2)18(15)24/h4-8,11-12H,2-3,9-10H2,1H3,(H,20,23,25)/b15-11+. The number of nitrogens with one attached hydrogen (secondary N) is 1. The van der Waals surface area contributed by atoms with E-state index in [1.807, 2.05) is 30.5 Å². The molecule has 1 aromatic heterocycles. The Morgan fingerprint density at radius 2 is 2.04 bits per heavy atom. The van der Waals surface area contributed by atoms with E-state index in [9.17, 15) is 9.59 Å². The largest absolute Gasteiger partial charge is 0.347 e. The van der Waals surface area contributed by atoms with Crippen LogP contribution in [0.1, 0.15) is 18.9 Å². The Bertz CT molecular complexity index is 911. The van der Waals surface area contributed by atoms with Crippen molar-refractivity contribution in [1.82, 2.24) is 14.8 Å². The number of benzene rings is 1. The maximum absolute atomic E-state index is 12.7. The molecule has 2 aromatic rings. The summed E-state index contributed by atoms with van der Waals surface area (Å²) in [6.45, 7) is 6.87. The third-order valence-electron chi connectivity index (χ3n) is 4.08. The lowest BCUT2D eigenvalue weighted by molar-refractivity contribution is -0.128. The SMILES string of the molecule is C=CCN1C(=O)/C(=C/c2cn(CCC)c3ccccc23)C(=O)NC1=S. The molecule has 6 heteroatoms. The van der Waals surface area contributed by atoms with Crippen LogP contribution in [-0.4, -0.2) is 32.9 Å². The van der Waals surface area contributed by atoms with E-state index in [0.717, 1.165) is 29.4 Å².